The number of likely N-dealkylation sites (N-methyl/N-ethyl adjacent to an activating group) is 1. The van der Waals surface area contributed by atoms with Gasteiger partial charge in [-0.3, -0.25) is 0 Å². The summed E-state index contributed by atoms with van der Waals surface area (Å²) in [5, 5.41) is 3.15. The highest BCUT2D eigenvalue weighted by Crippen LogP contribution is 1.81. The Balaban J connectivity index is 3.09. The number of hydrogen-bond acceptors (Lipinski definition) is 3. The zero-order valence-electron chi connectivity index (χ0n) is 6.18. The van der Waals surface area contributed by atoms with Gasteiger partial charge in [0.15, 0.2) is 0 Å². The van der Waals surface area contributed by atoms with Crippen LogP contribution in [0.5, 0.6) is 0 Å². The predicted molar refractivity (Wildman–Crippen MR) is 38.4 cm³/mol. The van der Waals surface area contributed by atoms with E-state index in [1.54, 1.807) is 7.11 Å². The van der Waals surface area contributed by atoms with Crippen LogP contribution in [-0.4, -0.2) is 32.8 Å². The molecular weight excluding hydrogens is 116 g/mol. The Morgan fingerprint density at radius 2 is 2.33 bits per heavy atom. The number of rotatable bonds is 5. The second kappa shape index (κ2) is 6.01. The topological polar surface area (TPSA) is 47.3 Å². The molecule has 56 valence electrons. The molecule has 0 bridgehead atoms. The molecule has 0 aromatic rings. The Morgan fingerprint density at radius 3 is 2.67 bits per heavy atom. The minimum atomic E-state index is 0.171. The molecule has 0 heterocycles. The third kappa shape index (κ3) is 4.39. The Kier molecular flexibility index (Phi) is 5.93. The van der Waals surface area contributed by atoms with Gasteiger partial charge in [0.1, 0.15) is 0 Å². The van der Waals surface area contributed by atoms with Crippen molar-refractivity contribution in [1.29, 1.82) is 0 Å². The normalized spacial score (nSPS) is 13.7. The molecule has 3 N–H and O–H groups in total. The highest BCUT2D eigenvalue weighted by Gasteiger charge is 2.00. The average molecular weight is 132 g/mol. The Labute approximate surface area is 56.6 Å². The van der Waals surface area contributed by atoms with E-state index in [9.17, 15) is 0 Å². The van der Waals surface area contributed by atoms with Crippen molar-refractivity contribution in [2.24, 2.45) is 5.73 Å². The van der Waals surface area contributed by atoms with Crippen LogP contribution < -0.4 is 11.1 Å². The fraction of sp³-hybridized carbons (Fsp3) is 1.00. The summed E-state index contributed by atoms with van der Waals surface area (Å²) in [5.74, 6) is 0. The lowest BCUT2D eigenvalue weighted by atomic mass is 10.3. The molecule has 3 nitrogen and oxygen atoms in total. The van der Waals surface area contributed by atoms with Crippen molar-refractivity contribution in [3.8, 4) is 0 Å². The smallest absolute Gasteiger partial charge is 0.0817 e. The van der Waals surface area contributed by atoms with E-state index < -0.39 is 0 Å². The van der Waals surface area contributed by atoms with Crippen LogP contribution in [0.25, 0.3) is 0 Å². The second-order valence-corrected chi connectivity index (χ2v) is 1.90. The molecule has 0 aliphatic heterocycles. The van der Waals surface area contributed by atoms with Crippen LogP contribution in [-0.2, 0) is 4.74 Å². The lowest BCUT2D eigenvalue weighted by molar-refractivity contribution is 0.109. The quantitative estimate of drug-likeness (QED) is 0.533. The molecule has 1 atom stereocenters. The fourth-order valence-electron chi connectivity index (χ4n) is 0.568. The molecule has 0 radical (unpaired) electrons. The molecule has 0 fully saturated rings. The fourth-order valence-corrected chi connectivity index (χ4v) is 0.568. The number of nitrogens with one attached hydrogen (secondary N) is 1. The van der Waals surface area contributed by atoms with Gasteiger partial charge >= 0.3 is 0 Å². The Hall–Kier alpha value is -0.120. The van der Waals surface area contributed by atoms with Gasteiger partial charge in [-0.15, -0.1) is 0 Å². The number of nitrogens with two attached hydrogens (primary N) is 1. The van der Waals surface area contributed by atoms with Crippen LogP contribution >= 0.6 is 0 Å². The minimum Gasteiger partial charge on any atom is -0.379 e. The van der Waals surface area contributed by atoms with Crippen LogP contribution in [0.4, 0.5) is 0 Å². The van der Waals surface area contributed by atoms with Crippen molar-refractivity contribution in [1.82, 2.24) is 5.32 Å². The van der Waals surface area contributed by atoms with Gasteiger partial charge in [0.25, 0.3) is 0 Å². The van der Waals surface area contributed by atoms with Crippen LogP contribution in [0.15, 0.2) is 0 Å². The molecule has 0 rings (SSSR count). The molecule has 1 unspecified atom stereocenters. The van der Waals surface area contributed by atoms with Gasteiger partial charge < -0.3 is 15.8 Å². The molecule has 0 aromatic heterocycles. The Bertz CT molecular complexity index is 55.0. The highest BCUT2D eigenvalue weighted by atomic mass is 16.5. The van der Waals surface area contributed by atoms with Crippen LogP contribution in [0.2, 0.25) is 0 Å². The monoisotopic (exact) mass is 132 g/mol. The molecule has 0 spiro atoms. The zero-order chi connectivity index (χ0) is 7.11. The molecule has 0 aliphatic rings. The van der Waals surface area contributed by atoms with E-state index in [0.29, 0.717) is 6.54 Å². The van der Waals surface area contributed by atoms with Crippen LogP contribution in [0.3, 0.4) is 0 Å². The minimum absolute atomic E-state index is 0.171. The van der Waals surface area contributed by atoms with E-state index in [1.807, 2.05) is 0 Å². The van der Waals surface area contributed by atoms with Crippen molar-refractivity contribution in [3.05, 3.63) is 0 Å². The molecule has 0 amide bonds. The first kappa shape index (κ1) is 8.88. The van der Waals surface area contributed by atoms with Gasteiger partial charge in [-0.1, -0.05) is 6.92 Å². The van der Waals surface area contributed by atoms with E-state index >= 15 is 0 Å². The van der Waals surface area contributed by atoms with E-state index in [2.05, 4.69) is 12.2 Å². The lowest BCUT2D eigenvalue weighted by Crippen LogP contribution is -2.34. The van der Waals surface area contributed by atoms with E-state index in [0.717, 1.165) is 13.1 Å². The van der Waals surface area contributed by atoms with Crippen molar-refractivity contribution >= 4 is 0 Å². The van der Waals surface area contributed by atoms with Crippen LogP contribution in [0.1, 0.15) is 6.92 Å². The van der Waals surface area contributed by atoms with Gasteiger partial charge in [-0.25, -0.2) is 0 Å². The maximum absolute atomic E-state index is 5.36. The van der Waals surface area contributed by atoms with E-state index in [4.69, 9.17) is 10.5 Å². The molecule has 0 saturated heterocycles. The standard InChI is InChI=1S/C6H16N2O/c1-3-8-5-6(4-7)9-2/h6,8H,3-5,7H2,1-2H3. The summed E-state index contributed by atoms with van der Waals surface area (Å²) in [7, 11) is 1.68. The van der Waals surface area contributed by atoms with Gasteiger partial charge in [0.2, 0.25) is 0 Å². The SMILES string of the molecule is CCNCC(CN)OC. The average Bonchev–Trinajstić information content (AvgIpc) is 1.91. The molecule has 0 aliphatic carbocycles. The highest BCUT2D eigenvalue weighted by molar-refractivity contribution is 4.59. The van der Waals surface area contributed by atoms with E-state index in [1.165, 1.54) is 0 Å². The number of ether oxygens (including phenoxy) is 1. The summed E-state index contributed by atoms with van der Waals surface area (Å²) in [5.41, 5.74) is 5.36. The van der Waals surface area contributed by atoms with Gasteiger partial charge in [0.05, 0.1) is 6.10 Å². The first-order valence-corrected chi connectivity index (χ1v) is 3.28. The maximum atomic E-state index is 5.36. The summed E-state index contributed by atoms with van der Waals surface area (Å²) in [6.07, 6.45) is 0.171. The van der Waals surface area contributed by atoms with Gasteiger partial charge in [-0.2, -0.15) is 0 Å². The predicted octanol–water partition coefficient (Wildman–Crippen LogP) is -0.430. The summed E-state index contributed by atoms with van der Waals surface area (Å²) in [4.78, 5) is 0. The van der Waals surface area contributed by atoms with Crippen molar-refractivity contribution in [2.75, 3.05) is 26.7 Å². The summed E-state index contributed by atoms with van der Waals surface area (Å²) in [6.45, 7) is 4.47. The van der Waals surface area contributed by atoms with Crippen molar-refractivity contribution in [3.63, 3.8) is 0 Å². The van der Waals surface area contributed by atoms with Crippen molar-refractivity contribution < 1.29 is 4.74 Å². The number of methoxy groups -OCH3 is 1. The molecule has 0 saturated carbocycles. The third-order valence-corrected chi connectivity index (χ3v) is 1.22. The van der Waals surface area contributed by atoms with E-state index in [-0.39, 0.29) is 6.10 Å². The summed E-state index contributed by atoms with van der Waals surface area (Å²) in [6, 6.07) is 0. The van der Waals surface area contributed by atoms with Crippen LogP contribution in [0, 0.1) is 0 Å². The first-order chi connectivity index (χ1) is 4.35. The number of hydrogen-bond donors (Lipinski definition) is 2. The third-order valence-electron chi connectivity index (χ3n) is 1.22. The molecule has 3 heteroatoms. The first-order valence-electron chi connectivity index (χ1n) is 3.28. The second-order valence-electron chi connectivity index (χ2n) is 1.90. The Morgan fingerprint density at radius 1 is 1.67 bits per heavy atom. The largest absolute Gasteiger partial charge is 0.379 e. The summed E-state index contributed by atoms with van der Waals surface area (Å²) < 4.78 is 5.01. The molecular formula is C6H16N2O. The summed E-state index contributed by atoms with van der Waals surface area (Å²) >= 11 is 0. The van der Waals surface area contributed by atoms with Gasteiger partial charge in [0, 0.05) is 20.2 Å². The zero-order valence-corrected chi connectivity index (χ0v) is 6.18. The maximum Gasteiger partial charge on any atom is 0.0817 e. The molecule has 0 aromatic carbocycles. The van der Waals surface area contributed by atoms with Gasteiger partial charge in [-0.05, 0) is 6.54 Å². The lowest BCUT2D eigenvalue weighted by Gasteiger charge is -2.11. The van der Waals surface area contributed by atoms with Crippen molar-refractivity contribution in [2.45, 2.75) is 13.0 Å². The molecule has 9 heavy (non-hydrogen) atoms.